The number of anilines is 1. The van der Waals surface area contributed by atoms with Crippen molar-refractivity contribution in [1.29, 1.82) is 0 Å². The summed E-state index contributed by atoms with van der Waals surface area (Å²) in [5, 5.41) is 2.70. The molecule has 2 aromatic carbocycles. The Balaban J connectivity index is 0.00000240. The number of ether oxygens (including phenoxy) is 1. The van der Waals surface area contributed by atoms with Crippen LogP contribution in [0.1, 0.15) is 12.0 Å². The summed E-state index contributed by atoms with van der Waals surface area (Å²) in [7, 11) is 0. The van der Waals surface area contributed by atoms with E-state index in [4.69, 9.17) is 0 Å². The van der Waals surface area contributed by atoms with Gasteiger partial charge < -0.3 is 15.0 Å². The van der Waals surface area contributed by atoms with Crippen molar-refractivity contribution in [3.63, 3.8) is 0 Å². The van der Waals surface area contributed by atoms with Gasteiger partial charge in [0.05, 0.1) is 0 Å². The molecule has 0 aliphatic carbocycles. The van der Waals surface area contributed by atoms with Crippen LogP contribution < -0.4 is 10.1 Å². The third kappa shape index (κ3) is 9.78. The third-order valence-corrected chi connectivity index (χ3v) is 4.74. The van der Waals surface area contributed by atoms with Crippen molar-refractivity contribution in [2.45, 2.75) is 19.3 Å². The lowest BCUT2D eigenvalue weighted by atomic mass is 10.2. The lowest BCUT2D eigenvalue weighted by Gasteiger charge is -2.34. The van der Waals surface area contributed by atoms with Crippen molar-refractivity contribution < 1.29 is 22.7 Å². The molecule has 1 heterocycles. The maximum atomic E-state index is 12.2. The second-order valence-electron chi connectivity index (χ2n) is 6.97. The minimum atomic E-state index is -4.73. The van der Waals surface area contributed by atoms with Gasteiger partial charge in [0.25, 0.3) is 0 Å². The van der Waals surface area contributed by atoms with Crippen LogP contribution in [0.15, 0.2) is 54.6 Å². The second-order valence-corrected chi connectivity index (χ2v) is 6.97. The van der Waals surface area contributed by atoms with E-state index >= 15 is 0 Å². The van der Waals surface area contributed by atoms with Crippen LogP contribution in [-0.2, 0) is 11.3 Å². The van der Waals surface area contributed by atoms with E-state index in [9.17, 15) is 18.0 Å². The van der Waals surface area contributed by atoms with Gasteiger partial charge in [-0.25, -0.2) is 0 Å². The fourth-order valence-electron chi connectivity index (χ4n) is 3.24. The minimum absolute atomic E-state index is 0. The third-order valence-electron chi connectivity index (χ3n) is 4.74. The average molecular weight is 480 g/mol. The van der Waals surface area contributed by atoms with Crippen molar-refractivity contribution in [3.8, 4) is 5.75 Å². The number of carbonyl (C=O) groups is 1. The van der Waals surface area contributed by atoms with E-state index in [1.54, 1.807) is 0 Å². The number of hydrogen-bond acceptors (Lipinski definition) is 4. The molecule has 0 aromatic heterocycles. The molecule has 1 aliphatic heterocycles. The van der Waals surface area contributed by atoms with E-state index in [-0.39, 0.29) is 36.5 Å². The van der Waals surface area contributed by atoms with E-state index in [0.29, 0.717) is 18.7 Å². The largest absolute Gasteiger partial charge is 0.573 e. The van der Waals surface area contributed by atoms with Crippen LogP contribution in [0.3, 0.4) is 0 Å². The molecule has 0 spiro atoms. The number of nitrogens with zero attached hydrogens (tertiary/aromatic N) is 2. The summed E-state index contributed by atoms with van der Waals surface area (Å²) < 4.78 is 40.3. The van der Waals surface area contributed by atoms with Crippen molar-refractivity contribution in [2.75, 3.05) is 38.0 Å². The number of hydrogen-bond donors (Lipinski definition) is 1. The standard InChI is InChI=1S/C21H24F3N3O2.2ClH/c22-21(23,24)29-19-8-6-18(7-9-19)25-20(28)10-11-26-12-14-27(15-13-26)16-17-4-2-1-3-5-17;;/h1-9H,10-16H2,(H,25,28);2*1H. The Bertz CT molecular complexity index is 785. The molecule has 10 heteroatoms. The summed E-state index contributed by atoms with van der Waals surface area (Å²) in [6.07, 6.45) is -4.39. The van der Waals surface area contributed by atoms with Crippen LogP contribution >= 0.6 is 24.8 Å². The smallest absolute Gasteiger partial charge is 0.406 e. The number of piperazine rings is 1. The molecule has 0 bridgehead atoms. The number of rotatable bonds is 7. The zero-order chi connectivity index (χ0) is 20.7. The molecule has 1 aliphatic rings. The van der Waals surface area contributed by atoms with Gasteiger partial charge in [-0.15, -0.1) is 38.0 Å². The molecule has 5 nitrogen and oxygen atoms in total. The molecule has 0 radical (unpaired) electrons. The minimum Gasteiger partial charge on any atom is -0.406 e. The molecule has 31 heavy (non-hydrogen) atoms. The zero-order valence-electron chi connectivity index (χ0n) is 16.8. The van der Waals surface area contributed by atoms with Gasteiger partial charge in [-0.05, 0) is 29.8 Å². The van der Waals surface area contributed by atoms with Crippen molar-refractivity contribution in [3.05, 3.63) is 60.2 Å². The van der Waals surface area contributed by atoms with Crippen LogP contribution in [0.2, 0.25) is 0 Å². The summed E-state index contributed by atoms with van der Waals surface area (Å²) in [6.45, 7) is 5.31. The molecule has 0 atom stereocenters. The molecule has 2 aromatic rings. The molecule has 1 saturated heterocycles. The maximum absolute atomic E-state index is 12.2. The second kappa shape index (κ2) is 12.8. The van der Waals surface area contributed by atoms with Gasteiger partial charge in [-0.2, -0.15) is 0 Å². The van der Waals surface area contributed by atoms with Crippen LogP contribution in [0.5, 0.6) is 5.75 Å². The molecule has 1 amide bonds. The number of benzene rings is 2. The molecule has 0 saturated carbocycles. The van der Waals surface area contributed by atoms with E-state index in [1.807, 2.05) is 18.2 Å². The summed E-state index contributed by atoms with van der Waals surface area (Å²) >= 11 is 0. The lowest BCUT2D eigenvalue weighted by Crippen LogP contribution is -2.46. The Hall–Kier alpha value is -2.00. The highest BCUT2D eigenvalue weighted by atomic mass is 35.5. The van der Waals surface area contributed by atoms with E-state index in [0.717, 1.165) is 32.7 Å². The van der Waals surface area contributed by atoms with Gasteiger partial charge in [0, 0.05) is 51.4 Å². The molecule has 1 fully saturated rings. The maximum Gasteiger partial charge on any atom is 0.573 e. The quantitative estimate of drug-likeness (QED) is 0.631. The Labute approximate surface area is 192 Å². The summed E-state index contributed by atoms with van der Waals surface area (Å²) in [6, 6.07) is 15.5. The molecular formula is C21H26Cl2F3N3O2. The van der Waals surface area contributed by atoms with Gasteiger partial charge >= 0.3 is 6.36 Å². The zero-order valence-corrected chi connectivity index (χ0v) is 18.4. The van der Waals surface area contributed by atoms with Crippen molar-refractivity contribution in [2.24, 2.45) is 0 Å². The Morgan fingerprint density at radius 1 is 0.903 bits per heavy atom. The predicted octanol–water partition coefficient (Wildman–Crippen LogP) is 4.58. The lowest BCUT2D eigenvalue weighted by molar-refractivity contribution is -0.274. The average Bonchev–Trinajstić information content (AvgIpc) is 2.69. The van der Waals surface area contributed by atoms with Gasteiger partial charge in [0.15, 0.2) is 0 Å². The molecule has 0 unspecified atom stereocenters. The van der Waals surface area contributed by atoms with Crippen LogP contribution in [0.4, 0.5) is 18.9 Å². The van der Waals surface area contributed by atoms with Crippen LogP contribution in [0, 0.1) is 0 Å². The van der Waals surface area contributed by atoms with Crippen LogP contribution in [-0.4, -0.2) is 54.8 Å². The Morgan fingerprint density at radius 2 is 1.48 bits per heavy atom. The van der Waals surface area contributed by atoms with Crippen molar-refractivity contribution in [1.82, 2.24) is 9.80 Å². The van der Waals surface area contributed by atoms with Crippen LogP contribution in [0.25, 0.3) is 0 Å². The highest BCUT2D eigenvalue weighted by Gasteiger charge is 2.31. The number of nitrogens with one attached hydrogen (secondary N) is 1. The molecule has 172 valence electrons. The highest BCUT2D eigenvalue weighted by molar-refractivity contribution is 5.90. The highest BCUT2D eigenvalue weighted by Crippen LogP contribution is 2.24. The first kappa shape index (κ1) is 27.0. The fourth-order valence-corrected chi connectivity index (χ4v) is 3.24. The number of amides is 1. The predicted molar refractivity (Wildman–Crippen MR) is 119 cm³/mol. The first-order chi connectivity index (χ1) is 13.9. The SMILES string of the molecule is Cl.Cl.O=C(CCN1CCN(Cc2ccccc2)CC1)Nc1ccc(OC(F)(F)F)cc1. The number of halogens is 5. The molecule has 1 N–H and O–H groups in total. The van der Waals surface area contributed by atoms with Crippen molar-refractivity contribution >= 4 is 36.4 Å². The molecule has 3 rings (SSSR count). The Morgan fingerprint density at radius 3 is 2.06 bits per heavy atom. The summed E-state index contributed by atoms with van der Waals surface area (Å²) in [5.74, 6) is -0.481. The Kier molecular flexibility index (Phi) is 11.1. The summed E-state index contributed by atoms with van der Waals surface area (Å²) in [5.41, 5.74) is 1.74. The van der Waals surface area contributed by atoms with E-state index in [1.165, 1.54) is 29.8 Å². The topological polar surface area (TPSA) is 44.8 Å². The van der Waals surface area contributed by atoms with E-state index < -0.39 is 6.36 Å². The van der Waals surface area contributed by atoms with Gasteiger partial charge in [0.1, 0.15) is 5.75 Å². The number of alkyl halides is 3. The van der Waals surface area contributed by atoms with E-state index in [2.05, 4.69) is 32.0 Å². The number of carbonyl (C=O) groups excluding carboxylic acids is 1. The summed E-state index contributed by atoms with van der Waals surface area (Å²) in [4.78, 5) is 16.8. The van der Waals surface area contributed by atoms with Gasteiger partial charge in [0.2, 0.25) is 5.91 Å². The fraction of sp³-hybridized carbons (Fsp3) is 0.381. The first-order valence-corrected chi connectivity index (χ1v) is 9.52. The first-order valence-electron chi connectivity index (χ1n) is 9.52. The monoisotopic (exact) mass is 479 g/mol. The van der Waals surface area contributed by atoms with Gasteiger partial charge in [-0.3, -0.25) is 9.69 Å². The normalized spacial score (nSPS) is 14.8. The molecular weight excluding hydrogens is 454 g/mol. The van der Waals surface area contributed by atoms with Gasteiger partial charge in [-0.1, -0.05) is 30.3 Å².